The van der Waals surface area contributed by atoms with Gasteiger partial charge in [0.2, 0.25) is 5.82 Å². The van der Waals surface area contributed by atoms with Gasteiger partial charge in [0.25, 0.3) is 0 Å². The maximum atomic E-state index is 15.7. The van der Waals surface area contributed by atoms with Crippen molar-refractivity contribution in [3.63, 3.8) is 0 Å². The van der Waals surface area contributed by atoms with Crippen molar-refractivity contribution in [3.05, 3.63) is 45.8 Å². The molecular formula is C27H31ClF4N8O2S. The molecule has 10 nitrogen and oxygen atoms in total. The number of hydrogen-bond donors (Lipinski definition) is 3. The van der Waals surface area contributed by atoms with Crippen LogP contribution >= 0.6 is 22.9 Å². The Morgan fingerprint density at radius 3 is 2.60 bits per heavy atom. The van der Waals surface area contributed by atoms with Gasteiger partial charge in [-0.15, -0.1) is 0 Å². The molecule has 2 aromatic heterocycles. The standard InChI is InChI=1S/C27H31ClF4N8O2S/c1-15-2-5-20(33)40(15)13-19-23(16-3-4-18(28)17(12-16)27(30,31)32)36-26(43-19)37-24-22(29)25(35-14-34-24)39-10-8-38(9-11-39)7-6-21(41)42/h3-4,12,14-15,20H,2,5-11,13,33H2,1H3,(H,41,42)(H,34,35,36,37)/t15-,20+/m1/s1. The van der Waals surface area contributed by atoms with Crippen LogP contribution in [0.5, 0.6) is 0 Å². The molecule has 2 aliphatic rings. The minimum Gasteiger partial charge on any atom is -0.481 e. The zero-order valence-corrected chi connectivity index (χ0v) is 24.8. The Kier molecular flexibility index (Phi) is 9.37. The lowest BCUT2D eigenvalue weighted by atomic mass is 10.1. The summed E-state index contributed by atoms with van der Waals surface area (Å²) in [5.41, 5.74) is 5.88. The zero-order valence-electron chi connectivity index (χ0n) is 23.2. The lowest BCUT2D eigenvalue weighted by Crippen LogP contribution is -2.47. The van der Waals surface area contributed by atoms with E-state index in [0.29, 0.717) is 49.8 Å². The van der Waals surface area contributed by atoms with E-state index in [-0.39, 0.29) is 41.0 Å². The van der Waals surface area contributed by atoms with Crippen molar-refractivity contribution in [1.29, 1.82) is 0 Å². The number of thiazole rings is 1. The number of aliphatic carboxylic acids is 1. The van der Waals surface area contributed by atoms with Crippen LogP contribution in [0.1, 0.15) is 36.6 Å². The first-order valence-corrected chi connectivity index (χ1v) is 14.9. The lowest BCUT2D eigenvalue weighted by Gasteiger charge is -2.35. The molecule has 43 heavy (non-hydrogen) atoms. The molecule has 0 spiro atoms. The molecule has 4 heterocycles. The van der Waals surface area contributed by atoms with Gasteiger partial charge in [-0.1, -0.05) is 29.0 Å². The third-order valence-electron chi connectivity index (χ3n) is 7.75. The first kappa shape index (κ1) is 31.3. The summed E-state index contributed by atoms with van der Waals surface area (Å²) >= 11 is 7.05. The van der Waals surface area contributed by atoms with Crippen LogP contribution in [-0.2, 0) is 17.5 Å². The van der Waals surface area contributed by atoms with Gasteiger partial charge in [-0.05, 0) is 31.9 Å². The van der Waals surface area contributed by atoms with Crippen molar-refractivity contribution in [2.24, 2.45) is 5.73 Å². The van der Waals surface area contributed by atoms with Gasteiger partial charge in [0.15, 0.2) is 16.8 Å². The summed E-state index contributed by atoms with van der Waals surface area (Å²) in [4.78, 5) is 30.1. The Morgan fingerprint density at radius 2 is 1.95 bits per heavy atom. The smallest absolute Gasteiger partial charge is 0.417 e. The fourth-order valence-corrected chi connectivity index (χ4v) is 6.56. The Balaban J connectivity index is 1.42. The summed E-state index contributed by atoms with van der Waals surface area (Å²) in [6.45, 7) is 4.81. The van der Waals surface area contributed by atoms with Gasteiger partial charge in [-0.2, -0.15) is 17.6 Å². The second kappa shape index (κ2) is 12.9. The number of carbonyl (C=O) groups is 1. The fraction of sp³-hybridized carbons (Fsp3) is 0.481. The molecule has 0 radical (unpaired) electrons. The number of aromatic nitrogens is 3. The predicted octanol–water partition coefficient (Wildman–Crippen LogP) is 5.02. The number of piperazine rings is 1. The number of alkyl halides is 3. The molecule has 2 aliphatic heterocycles. The number of carboxylic acid groups (broad SMARTS) is 1. The van der Waals surface area contributed by atoms with E-state index in [1.807, 2.05) is 11.8 Å². The van der Waals surface area contributed by atoms with E-state index < -0.39 is 28.5 Å². The molecule has 3 aromatic rings. The number of halogens is 5. The molecule has 0 saturated carbocycles. The number of likely N-dealkylation sites (tertiary alicyclic amines) is 1. The Labute approximate surface area is 254 Å². The minimum absolute atomic E-state index is 0.0316. The van der Waals surface area contributed by atoms with Crippen LogP contribution in [0.2, 0.25) is 5.02 Å². The largest absolute Gasteiger partial charge is 0.481 e. The van der Waals surface area contributed by atoms with Crippen LogP contribution in [0, 0.1) is 5.82 Å². The van der Waals surface area contributed by atoms with Crippen LogP contribution < -0.4 is 16.0 Å². The van der Waals surface area contributed by atoms with Crippen LogP contribution in [-0.4, -0.2) is 80.8 Å². The van der Waals surface area contributed by atoms with Crippen molar-refractivity contribution < 1.29 is 27.5 Å². The second-order valence-corrected chi connectivity index (χ2v) is 12.1. The monoisotopic (exact) mass is 642 g/mol. The van der Waals surface area contributed by atoms with Crippen LogP contribution in [0.15, 0.2) is 24.5 Å². The van der Waals surface area contributed by atoms with Crippen LogP contribution in [0.4, 0.5) is 34.3 Å². The first-order valence-electron chi connectivity index (χ1n) is 13.8. The van der Waals surface area contributed by atoms with Gasteiger partial charge in [0, 0.05) is 55.8 Å². The average molecular weight is 643 g/mol. The van der Waals surface area contributed by atoms with E-state index in [9.17, 15) is 18.0 Å². The van der Waals surface area contributed by atoms with Gasteiger partial charge < -0.3 is 21.1 Å². The fourth-order valence-electron chi connectivity index (χ4n) is 5.34. The number of nitrogens with two attached hydrogens (primary N) is 1. The SMILES string of the molecule is C[C@@H]1CC[C@@H](N)N1Cc1sc(Nc2ncnc(N3CCN(CCC(=O)O)CC3)c2F)nc1-c1ccc(Cl)c(C(F)(F)F)c1. The third-order valence-corrected chi connectivity index (χ3v) is 9.04. The first-order chi connectivity index (χ1) is 20.4. The molecule has 2 saturated heterocycles. The molecule has 2 fully saturated rings. The normalized spacial score (nSPS) is 20.1. The van der Waals surface area contributed by atoms with Gasteiger partial charge >= 0.3 is 12.1 Å². The number of anilines is 3. The molecule has 2 atom stereocenters. The van der Waals surface area contributed by atoms with Crippen LogP contribution in [0.3, 0.4) is 0 Å². The van der Waals surface area contributed by atoms with Gasteiger partial charge in [-0.3, -0.25) is 14.6 Å². The van der Waals surface area contributed by atoms with E-state index in [4.69, 9.17) is 22.4 Å². The molecule has 0 aliphatic carbocycles. The number of carboxylic acids is 1. The van der Waals surface area contributed by atoms with Gasteiger partial charge in [0.1, 0.15) is 6.33 Å². The summed E-state index contributed by atoms with van der Waals surface area (Å²) in [6.07, 6.45) is -1.91. The van der Waals surface area contributed by atoms with Crippen molar-refractivity contribution in [3.8, 4) is 11.3 Å². The molecule has 16 heteroatoms. The lowest BCUT2D eigenvalue weighted by molar-refractivity contribution is -0.138. The number of benzene rings is 1. The van der Waals surface area contributed by atoms with Crippen molar-refractivity contribution >= 4 is 45.7 Å². The molecule has 232 valence electrons. The number of nitrogens with one attached hydrogen (secondary N) is 1. The summed E-state index contributed by atoms with van der Waals surface area (Å²) in [7, 11) is 0. The maximum Gasteiger partial charge on any atom is 0.417 e. The quantitative estimate of drug-likeness (QED) is 0.274. The molecule has 4 N–H and O–H groups in total. The highest BCUT2D eigenvalue weighted by Gasteiger charge is 2.35. The topological polar surface area (TPSA) is 124 Å². The van der Waals surface area contributed by atoms with Crippen molar-refractivity contribution in [2.45, 2.75) is 51.1 Å². The number of nitrogens with zero attached hydrogens (tertiary/aromatic N) is 6. The summed E-state index contributed by atoms with van der Waals surface area (Å²) in [5, 5.41) is 11.7. The predicted molar refractivity (Wildman–Crippen MR) is 156 cm³/mol. The number of hydrogen-bond acceptors (Lipinski definition) is 10. The minimum atomic E-state index is -4.65. The molecule has 0 amide bonds. The Bertz CT molecular complexity index is 1460. The second-order valence-electron chi connectivity index (χ2n) is 10.6. The van der Waals surface area contributed by atoms with E-state index in [2.05, 4.69) is 25.2 Å². The molecule has 0 unspecified atom stereocenters. The molecule has 1 aromatic carbocycles. The number of rotatable bonds is 9. The van der Waals surface area contributed by atoms with Gasteiger partial charge in [-0.25, -0.2) is 15.0 Å². The van der Waals surface area contributed by atoms with Crippen molar-refractivity contribution in [1.82, 2.24) is 24.8 Å². The molecule has 0 bridgehead atoms. The highest BCUT2D eigenvalue weighted by atomic mass is 35.5. The molecular weight excluding hydrogens is 612 g/mol. The van der Waals surface area contributed by atoms with Crippen LogP contribution in [0.25, 0.3) is 11.3 Å². The third kappa shape index (κ3) is 7.17. The summed E-state index contributed by atoms with van der Waals surface area (Å²) < 4.78 is 56.7. The van der Waals surface area contributed by atoms with E-state index >= 15 is 4.39 Å². The summed E-state index contributed by atoms with van der Waals surface area (Å²) in [6, 6.07) is 3.81. The Morgan fingerprint density at radius 1 is 1.21 bits per heavy atom. The molecule has 5 rings (SSSR count). The van der Waals surface area contributed by atoms with Crippen molar-refractivity contribution in [2.75, 3.05) is 42.9 Å². The van der Waals surface area contributed by atoms with E-state index in [1.165, 1.54) is 29.8 Å². The van der Waals surface area contributed by atoms with E-state index in [1.54, 1.807) is 4.90 Å². The maximum absolute atomic E-state index is 15.7. The Hall–Kier alpha value is -3.11. The summed E-state index contributed by atoms with van der Waals surface area (Å²) in [5.74, 6) is -1.59. The average Bonchev–Trinajstić information content (AvgIpc) is 3.51. The zero-order chi connectivity index (χ0) is 30.9. The highest BCUT2D eigenvalue weighted by molar-refractivity contribution is 7.16. The van der Waals surface area contributed by atoms with E-state index in [0.717, 1.165) is 18.9 Å². The highest BCUT2D eigenvalue weighted by Crippen LogP contribution is 2.41. The van der Waals surface area contributed by atoms with Gasteiger partial charge in [0.05, 0.1) is 28.9 Å².